The van der Waals surface area contributed by atoms with Gasteiger partial charge < -0.3 is 5.32 Å². The summed E-state index contributed by atoms with van der Waals surface area (Å²) in [4.78, 5) is 16.6. The fourth-order valence-corrected chi connectivity index (χ4v) is 5.38. The lowest BCUT2D eigenvalue weighted by Gasteiger charge is -2.14. The Morgan fingerprint density at radius 1 is 1.14 bits per heavy atom. The van der Waals surface area contributed by atoms with Crippen LogP contribution >= 0.6 is 34.5 Å². The molecular weight excluding hydrogens is 425 g/mol. The molecule has 3 heterocycles. The first-order chi connectivity index (χ1) is 14.1. The highest BCUT2D eigenvalue weighted by atomic mass is 35.5. The summed E-state index contributed by atoms with van der Waals surface area (Å²) in [6.45, 7) is 2.56. The molecule has 0 amide bonds. The number of nitrogens with zero attached hydrogens (tertiary/aromatic N) is 4. The Hall–Kier alpha value is -2.15. The van der Waals surface area contributed by atoms with Gasteiger partial charge in [0.2, 0.25) is 5.95 Å². The first kappa shape index (κ1) is 18.9. The number of aromatic nitrogens is 4. The lowest BCUT2D eigenvalue weighted by Crippen LogP contribution is -2.08. The number of anilines is 1. The largest absolute Gasteiger partial charge is 0.365 e. The van der Waals surface area contributed by atoms with Crippen LogP contribution in [0.2, 0.25) is 10.0 Å². The summed E-state index contributed by atoms with van der Waals surface area (Å²) in [7, 11) is 0. The van der Waals surface area contributed by atoms with Crippen molar-refractivity contribution in [1.82, 2.24) is 19.5 Å². The molecule has 0 bridgehead atoms. The van der Waals surface area contributed by atoms with Crippen LogP contribution in [0.1, 0.15) is 34.7 Å². The van der Waals surface area contributed by atoms with Gasteiger partial charge in [-0.1, -0.05) is 29.3 Å². The standard InChI is InChI=1S/C21H19Cl2N5S/c1-12-24-8-9-28(12)21-26-19(25-11-13-6-7-15(22)16(23)10-13)18-14-4-2-3-5-17(14)29-20(18)27-21/h6-10H,2-5,11H2,1H3,(H,25,26,27). The Labute approximate surface area is 182 Å². The molecule has 0 atom stereocenters. The number of aryl methyl sites for hydroxylation is 3. The molecule has 1 N–H and O–H groups in total. The average Bonchev–Trinajstić information content (AvgIpc) is 3.31. The molecule has 4 aromatic rings. The van der Waals surface area contributed by atoms with Gasteiger partial charge in [-0.15, -0.1) is 11.3 Å². The third-order valence-electron chi connectivity index (χ3n) is 5.29. The number of thiophene rings is 1. The molecule has 0 saturated carbocycles. The van der Waals surface area contributed by atoms with E-state index >= 15 is 0 Å². The molecular formula is C21H19Cl2N5S. The van der Waals surface area contributed by atoms with Gasteiger partial charge in [0.1, 0.15) is 16.5 Å². The molecule has 0 radical (unpaired) electrons. The monoisotopic (exact) mass is 443 g/mol. The van der Waals surface area contributed by atoms with E-state index in [0.29, 0.717) is 22.5 Å². The van der Waals surface area contributed by atoms with Crippen LogP contribution in [0.4, 0.5) is 5.82 Å². The Morgan fingerprint density at radius 2 is 2.00 bits per heavy atom. The Kier molecular flexibility index (Phi) is 4.94. The predicted octanol–water partition coefficient (Wildman–Crippen LogP) is 5.98. The van der Waals surface area contributed by atoms with E-state index in [9.17, 15) is 0 Å². The van der Waals surface area contributed by atoms with E-state index < -0.39 is 0 Å². The Balaban J connectivity index is 1.60. The van der Waals surface area contributed by atoms with E-state index in [1.54, 1.807) is 17.5 Å². The number of nitrogens with one attached hydrogen (secondary N) is 1. The topological polar surface area (TPSA) is 55.6 Å². The maximum Gasteiger partial charge on any atom is 0.238 e. The van der Waals surface area contributed by atoms with Gasteiger partial charge in [0.25, 0.3) is 0 Å². The smallest absolute Gasteiger partial charge is 0.238 e. The van der Waals surface area contributed by atoms with Crippen LogP contribution in [0.5, 0.6) is 0 Å². The molecule has 0 aliphatic heterocycles. The number of imidazole rings is 1. The van der Waals surface area contributed by atoms with Gasteiger partial charge in [-0.25, -0.2) is 9.97 Å². The van der Waals surface area contributed by atoms with Crippen LogP contribution in [0.25, 0.3) is 16.2 Å². The summed E-state index contributed by atoms with van der Waals surface area (Å²) >= 11 is 14.0. The van der Waals surface area contributed by atoms with E-state index in [4.69, 9.17) is 33.2 Å². The molecule has 29 heavy (non-hydrogen) atoms. The Bertz CT molecular complexity index is 1210. The number of halogens is 2. The lowest BCUT2D eigenvalue weighted by atomic mass is 9.97. The van der Waals surface area contributed by atoms with E-state index in [2.05, 4.69) is 10.3 Å². The molecule has 0 saturated heterocycles. The van der Waals surface area contributed by atoms with Gasteiger partial charge >= 0.3 is 0 Å². The lowest BCUT2D eigenvalue weighted by molar-refractivity contribution is 0.700. The van der Waals surface area contributed by atoms with Crippen molar-refractivity contribution in [2.45, 2.75) is 39.2 Å². The van der Waals surface area contributed by atoms with Gasteiger partial charge in [-0.2, -0.15) is 4.98 Å². The first-order valence-electron chi connectivity index (χ1n) is 9.60. The molecule has 148 valence electrons. The molecule has 1 aliphatic rings. The normalized spacial score (nSPS) is 13.6. The summed E-state index contributed by atoms with van der Waals surface area (Å²) in [6, 6.07) is 5.69. The van der Waals surface area contributed by atoms with Crippen molar-refractivity contribution in [2.24, 2.45) is 0 Å². The summed E-state index contributed by atoms with van der Waals surface area (Å²) in [6.07, 6.45) is 8.34. The van der Waals surface area contributed by atoms with Crippen molar-refractivity contribution in [3.63, 3.8) is 0 Å². The average molecular weight is 444 g/mol. The zero-order chi connectivity index (χ0) is 20.0. The number of hydrogen-bond donors (Lipinski definition) is 1. The molecule has 1 aromatic carbocycles. The second kappa shape index (κ2) is 7.59. The van der Waals surface area contributed by atoms with E-state index in [1.807, 2.05) is 35.9 Å². The highest BCUT2D eigenvalue weighted by molar-refractivity contribution is 7.19. The maximum absolute atomic E-state index is 6.18. The third kappa shape index (κ3) is 3.50. The van der Waals surface area contributed by atoms with Crippen molar-refractivity contribution in [1.29, 1.82) is 0 Å². The molecule has 5 rings (SSSR count). The van der Waals surface area contributed by atoms with Crippen molar-refractivity contribution in [3.05, 3.63) is 62.5 Å². The first-order valence-corrected chi connectivity index (χ1v) is 11.2. The highest BCUT2D eigenvalue weighted by Crippen LogP contribution is 2.39. The van der Waals surface area contributed by atoms with Gasteiger partial charge in [0, 0.05) is 23.8 Å². The molecule has 5 nitrogen and oxygen atoms in total. The van der Waals surface area contributed by atoms with Crippen LogP contribution in [0.15, 0.2) is 30.6 Å². The van der Waals surface area contributed by atoms with Gasteiger partial charge in [-0.05, 0) is 55.9 Å². The quantitative estimate of drug-likeness (QED) is 0.421. The van der Waals surface area contributed by atoms with Gasteiger partial charge in [0.05, 0.1) is 15.4 Å². The van der Waals surface area contributed by atoms with Gasteiger partial charge in [0.15, 0.2) is 0 Å². The van der Waals surface area contributed by atoms with E-state index in [-0.39, 0.29) is 0 Å². The van der Waals surface area contributed by atoms with Crippen molar-refractivity contribution < 1.29 is 0 Å². The molecule has 0 unspecified atom stereocenters. The van der Waals surface area contributed by atoms with Crippen LogP contribution in [0, 0.1) is 6.92 Å². The minimum Gasteiger partial charge on any atom is -0.365 e. The second-order valence-electron chi connectivity index (χ2n) is 7.21. The van der Waals surface area contributed by atoms with E-state index in [0.717, 1.165) is 40.3 Å². The van der Waals surface area contributed by atoms with Crippen molar-refractivity contribution >= 4 is 50.6 Å². The fraction of sp³-hybridized carbons (Fsp3) is 0.286. The molecule has 0 fully saturated rings. The van der Waals surface area contributed by atoms with Crippen LogP contribution < -0.4 is 5.32 Å². The minimum absolute atomic E-state index is 0.557. The summed E-state index contributed by atoms with van der Waals surface area (Å²) in [5, 5.41) is 5.80. The number of hydrogen-bond acceptors (Lipinski definition) is 5. The molecule has 8 heteroatoms. The minimum atomic E-state index is 0.557. The number of benzene rings is 1. The highest BCUT2D eigenvalue weighted by Gasteiger charge is 2.22. The van der Waals surface area contributed by atoms with Crippen LogP contribution in [-0.2, 0) is 19.4 Å². The molecule has 3 aromatic heterocycles. The second-order valence-corrected chi connectivity index (χ2v) is 9.11. The Morgan fingerprint density at radius 3 is 2.79 bits per heavy atom. The summed E-state index contributed by atoms with van der Waals surface area (Å²) < 4.78 is 1.92. The third-order valence-corrected chi connectivity index (χ3v) is 7.21. The zero-order valence-electron chi connectivity index (χ0n) is 15.9. The number of fused-ring (bicyclic) bond motifs is 3. The SMILES string of the molecule is Cc1nccn1-c1nc(NCc2ccc(Cl)c(Cl)c2)c2c3c(sc2n1)CCCC3. The summed E-state index contributed by atoms with van der Waals surface area (Å²) in [5.41, 5.74) is 2.46. The maximum atomic E-state index is 6.18. The zero-order valence-corrected chi connectivity index (χ0v) is 18.2. The fourth-order valence-electron chi connectivity index (χ4n) is 3.81. The van der Waals surface area contributed by atoms with Crippen LogP contribution in [-0.4, -0.2) is 19.5 Å². The number of rotatable bonds is 4. The molecule has 1 aliphatic carbocycles. The van der Waals surface area contributed by atoms with Crippen molar-refractivity contribution in [3.8, 4) is 5.95 Å². The summed E-state index contributed by atoms with van der Waals surface area (Å²) in [5.74, 6) is 2.37. The molecule has 0 spiro atoms. The van der Waals surface area contributed by atoms with Crippen molar-refractivity contribution in [2.75, 3.05) is 5.32 Å². The van der Waals surface area contributed by atoms with Gasteiger partial charge in [-0.3, -0.25) is 4.57 Å². The van der Waals surface area contributed by atoms with E-state index in [1.165, 1.54) is 23.3 Å². The van der Waals surface area contributed by atoms with Crippen LogP contribution in [0.3, 0.4) is 0 Å². The predicted molar refractivity (Wildman–Crippen MR) is 120 cm³/mol.